The summed E-state index contributed by atoms with van der Waals surface area (Å²) in [4.78, 5) is 4.64. The van der Waals surface area contributed by atoms with Gasteiger partial charge in [0.2, 0.25) is 0 Å². The first kappa shape index (κ1) is 20.0. The van der Waals surface area contributed by atoms with E-state index in [0.29, 0.717) is 19.1 Å². The van der Waals surface area contributed by atoms with E-state index in [9.17, 15) is 0 Å². The van der Waals surface area contributed by atoms with Crippen molar-refractivity contribution in [2.75, 3.05) is 26.3 Å². The zero-order valence-electron chi connectivity index (χ0n) is 16.1. The summed E-state index contributed by atoms with van der Waals surface area (Å²) in [5, 5.41) is 10.8. The fraction of sp³-hybridized carbons (Fsp3) is 0.500. The third kappa shape index (κ3) is 7.27. The molecule has 142 valence electrons. The molecule has 0 aliphatic heterocycles. The Hall–Kier alpha value is -2.34. The summed E-state index contributed by atoms with van der Waals surface area (Å²) in [6, 6.07) is 10.2. The van der Waals surface area contributed by atoms with Crippen molar-refractivity contribution in [1.82, 2.24) is 20.4 Å². The molecular weight excluding hydrogens is 326 g/mol. The first-order valence-electron chi connectivity index (χ1n) is 9.38. The van der Waals surface area contributed by atoms with Crippen molar-refractivity contribution < 1.29 is 4.74 Å². The molecule has 0 aliphatic rings. The lowest BCUT2D eigenvalue weighted by Crippen LogP contribution is -2.39. The van der Waals surface area contributed by atoms with Crippen LogP contribution in [0.15, 0.2) is 47.7 Å². The Morgan fingerprint density at radius 3 is 2.65 bits per heavy atom. The zero-order chi connectivity index (χ0) is 18.6. The number of aromatic nitrogens is 2. The molecule has 0 saturated carbocycles. The first-order chi connectivity index (χ1) is 12.7. The summed E-state index contributed by atoms with van der Waals surface area (Å²) in [5.41, 5.74) is 2.21. The Kier molecular flexibility index (Phi) is 8.69. The molecule has 1 heterocycles. The van der Waals surface area contributed by atoms with Gasteiger partial charge in [0.25, 0.3) is 0 Å². The van der Waals surface area contributed by atoms with Crippen LogP contribution in [0.2, 0.25) is 0 Å². The molecule has 0 unspecified atom stereocenters. The highest BCUT2D eigenvalue weighted by atomic mass is 16.5. The Morgan fingerprint density at radius 1 is 1.19 bits per heavy atom. The molecule has 0 fully saturated rings. The molecule has 2 aromatic rings. The molecule has 2 rings (SSSR count). The van der Waals surface area contributed by atoms with Gasteiger partial charge < -0.3 is 15.4 Å². The van der Waals surface area contributed by atoms with E-state index in [1.807, 2.05) is 16.9 Å². The van der Waals surface area contributed by atoms with Gasteiger partial charge in [0.1, 0.15) is 0 Å². The lowest BCUT2D eigenvalue weighted by atomic mass is 10.1. The van der Waals surface area contributed by atoms with E-state index in [1.165, 1.54) is 0 Å². The summed E-state index contributed by atoms with van der Waals surface area (Å²) in [6.07, 6.45) is 4.81. The van der Waals surface area contributed by atoms with Crippen molar-refractivity contribution >= 4 is 5.96 Å². The van der Waals surface area contributed by atoms with E-state index < -0.39 is 0 Å². The van der Waals surface area contributed by atoms with E-state index in [4.69, 9.17) is 4.74 Å². The molecule has 6 nitrogen and oxygen atoms in total. The highest BCUT2D eigenvalue weighted by Gasteiger charge is 2.00. The van der Waals surface area contributed by atoms with Crippen LogP contribution in [0.4, 0.5) is 0 Å². The van der Waals surface area contributed by atoms with Gasteiger partial charge in [-0.2, -0.15) is 5.10 Å². The summed E-state index contributed by atoms with van der Waals surface area (Å²) in [7, 11) is 0. The number of rotatable bonds is 10. The normalized spacial score (nSPS) is 11.8. The van der Waals surface area contributed by atoms with Crippen LogP contribution < -0.4 is 10.6 Å². The van der Waals surface area contributed by atoms with Gasteiger partial charge >= 0.3 is 0 Å². The third-order valence-corrected chi connectivity index (χ3v) is 3.85. The van der Waals surface area contributed by atoms with Gasteiger partial charge in [0.05, 0.1) is 18.8 Å². The molecule has 0 spiro atoms. The maximum absolute atomic E-state index is 5.63. The predicted molar refractivity (Wildman–Crippen MR) is 107 cm³/mol. The van der Waals surface area contributed by atoms with E-state index >= 15 is 0 Å². The fourth-order valence-corrected chi connectivity index (χ4v) is 2.35. The second-order valence-corrected chi connectivity index (χ2v) is 6.53. The molecule has 1 aromatic carbocycles. The first-order valence-corrected chi connectivity index (χ1v) is 9.38. The maximum atomic E-state index is 5.63. The van der Waals surface area contributed by atoms with Gasteiger partial charge in [-0.3, -0.25) is 0 Å². The standard InChI is InChI=1S/C20H31N5O/c1-4-21-20(22-12-15-26-14-10-17(2)3)23-16-18-6-8-19(9-7-18)25-13-5-11-24-25/h5-9,11,13,17H,4,10,12,14-16H2,1-3H3,(H2,21,22,23). The highest BCUT2D eigenvalue weighted by Crippen LogP contribution is 2.09. The van der Waals surface area contributed by atoms with Crippen LogP contribution in [-0.4, -0.2) is 42.0 Å². The number of guanidine groups is 1. The van der Waals surface area contributed by atoms with Crippen LogP contribution in [0.3, 0.4) is 0 Å². The lowest BCUT2D eigenvalue weighted by molar-refractivity contribution is 0.128. The number of aliphatic imine (C=N–C) groups is 1. The summed E-state index contributed by atoms with van der Waals surface area (Å²) >= 11 is 0. The number of hydrogen-bond donors (Lipinski definition) is 2. The summed E-state index contributed by atoms with van der Waals surface area (Å²) in [6.45, 7) is 10.2. The second kappa shape index (κ2) is 11.3. The minimum absolute atomic E-state index is 0.628. The van der Waals surface area contributed by atoms with Gasteiger partial charge in [-0.25, -0.2) is 9.67 Å². The Morgan fingerprint density at radius 2 is 2.00 bits per heavy atom. The van der Waals surface area contributed by atoms with Crippen LogP contribution >= 0.6 is 0 Å². The van der Waals surface area contributed by atoms with Gasteiger partial charge in [-0.1, -0.05) is 26.0 Å². The van der Waals surface area contributed by atoms with E-state index in [0.717, 1.165) is 43.3 Å². The molecule has 0 bridgehead atoms. The van der Waals surface area contributed by atoms with Crippen molar-refractivity contribution in [1.29, 1.82) is 0 Å². The second-order valence-electron chi connectivity index (χ2n) is 6.53. The van der Waals surface area contributed by atoms with Crippen LogP contribution in [0.5, 0.6) is 0 Å². The quantitative estimate of drug-likeness (QED) is 0.390. The van der Waals surface area contributed by atoms with E-state index in [2.05, 4.69) is 65.8 Å². The maximum Gasteiger partial charge on any atom is 0.191 e. The minimum atomic E-state index is 0.628. The zero-order valence-corrected chi connectivity index (χ0v) is 16.1. The van der Waals surface area contributed by atoms with Crippen molar-refractivity contribution in [3.8, 4) is 5.69 Å². The van der Waals surface area contributed by atoms with Crippen molar-refractivity contribution in [3.05, 3.63) is 48.3 Å². The molecule has 2 N–H and O–H groups in total. The summed E-state index contributed by atoms with van der Waals surface area (Å²) < 4.78 is 7.48. The average molecular weight is 358 g/mol. The molecule has 0 aliphatic carbocycles. The van der Waals surface area contributed by atoms with E-state index in [1.54, 1.807) is 6.20 Å². The molecule has 0 atom stereocenters. The number of benzene rings is 1. The number of nitrogens with zero attached hydrogens (tertiary/aromatic N) is 3. The number of nitrogens with one attached hydrogen (secondary N) is 2. The van der Waals surface area contributed by atoms with Gasteiger partial charge in [-0.05, 0) is 43.0 Å². The van der Waals surface area contributed by atoms with Crippen LogP contribution in [-0.2, 0) is 11.3 Å². The van der Waals surface area contributed by atoms with Crippen molar-refractivity contribution in [2.24, 2.45) is 10.9 Å². The van der Waals surface area contributed by atoms with Gasteiger partial charge in [0.15, 0.2) is 5.96 Å². The molecular formula is C20H31N5O. The predicted octanol–water partition coefficient (Wildman–Crippen LogP) is 2.99. The van der Waals surface area contributed by atoms with Gasteiger partial charge in [0, 0.05) is 32.1 Å². The third-order valence-electron chi connectivity index (χ3n) is 3.85. The van der Waals surface area contributed by atoms with Gasteiger partial charge in [-0.15, -0.1) is 0 Å². The number of ether oxygens (including phenoxy) is 1. The Balaban J connectivity index is 1.78. The monoisotopic (exact) mass is 357 g/mol. The molecule has 6 heteroatoms. The smallest absolute Gasteiger partial charge is 0.191 e. The highest BCUT2D eigenvalue weighted by molar-refractivity contribution is 5.79. The molecule has 1 aromatic heterocycles. The molecule has 0 amide bonds. The van der Waals surface area contributed by atoms with Crippen LogP contribution in [0, 0.1) is 5.92 Å². The van der Waals surface area contributed by atoms with E-state index in [-0.39, 0.29) is 0 Å². The molecule has 0 radical (unpaired) electrons. The average Bonchev–Trinajstić information content (AvgIpc) is 3.17. The molecule has 0 saturated heterocycles. The Bertz CT molecular complexity index is 635. The lowest BCUT2D eigenvalue weighted by Gasteiger charge is -2.12. The topological polar surface area (TPSA) is 63.5 Å². The largest absolute Gasteiger partial charge is 0.380 e. The van der Waals surface area contributed by atoms with Crippen molar-refractivity contribution in [2.45, 2.75) is 33.7 Å². The Labute approximate surface area is 156 Å². The summed E-state index contributed by atoms with van der Waals surface area (Å²) in [5.74, 6) is 1.50. The SMILES string of the molecule is CCNC(=NCc1ccc(-n2cccn2)cc1)NCCOCCC(C)C. The fourth-order valence-electron chi connectivity index (χ4n) is 2.35. The van der Waals surface area contributed by atoms with Crippen molar-refractivity contribution in [3.63, 3.8) is 0 Å². The van der Waals surface area contributed by atoms with Crippen LogP contribution in [0.1, 0.15) is 32.8 Å². The minimum Gasteiger partial charge on any atom is -0.380 e. The molecule has 26 heavy (non-hydrogen) atoms. The van der Waals surface area contributed by atoms with Crippen LogP contribution in [0.25, 0.3) is 5.69 Å². The number of hydrogen-bond acceptors (Lipinski definition) is 3.